The third-order valence-corrected chi connectivity index (χ3v) is 11.4. The van der Waals surface area contributed by atoms with Crippen molar-refractivity contribution in [1.82, 2.24) is 0 Å². The smallest absolute Gasteiger partial charge is 0.335 e. The van der Waals surface area contributed by atoms with Crippen molar-refractivity contribution in [3.8, 4) is 0 Å². The van der Waals surface area contributed by atoms with Crippen LogP contribution < -0.4 is 0 Å². The molecule has 8 heteroatoms. The summed E-state index contributed by atoms with van der Waals surface area (Å²) in [5.41, 5.74) is 0.484. The molecule has 5 aliphatic rings. The highest BCUT2D eigenvalue weighted by Gasteiger charge is 2.61. The fraction of sp³-hybridized carbons (Fsp3) is 0.963. The van der Waals surface area contributed by atoms with Gasteiger partial charge in [0.15, 0.2) is 12.4 Å². The Morgan fingerprint density at radius 2 is 1.60 bits per heavy atom. The van der Waals surface area contributed by atoms with E-state index in [1.807, 2.05) is 6.92 Å². The minimum atomic E-state index is -1.70. The summed E-state index contributed by atoms with van der Waals surface area (Å²) in [5.74, 6) is 1.60. The Morgan fingerprint density at radius 3 is 2.29 bits per heavy atom. The molecule has 5 N–H and O–H groups in total. The molecule has 5 fully saturated rings. The lowest BCUT2D eigenvalue weighted by atomic mass is 9.44. The average molecular weight is 497 g/mol. The van der Waals surface area contributed by atoms with Crippen molar-refractivity contribution in [1.29, 1.82) is 0 Å². The number of hydrogen-bond acceptors (Lipinski definition) is 7. The highest BCUT2D eigenvalue weighted by atomic mass is 16.7. The number of carboxylic acid groups (broad SMARTS) is 1. The Labute approximate surface area is 208 Å². The number of rotatable bonds is 4. The van der Waals surface area contributed by atoms with Gasteiger partial charge in [0.2, 0.25) is 0 Å². The molecule has 35 heavy (non-hydrogen) atoms. The normalized spacial score (nSPS) is 54.9. The molecule has 0 unspecified atom stereocenters. The van der Waals surface area contributed by atoms with E-state index in [1.54, 1.807) is 0 Å². The van der Waals surface area contributed by atoms with Crippen molar-refractivity contribution in [3.63, 3.8) is 0 Å². The molecule has 14 atom stereocenters. The summed E-state index contributed by atoms with van der Waals surface area (Å²) in [4.78, 5) is 11.4. The second kappa shape index (κ2) is 9.21. The number of fused-ring (bicyclic) bond motifs is 5. The van der Waals surface area contributed by atoms with E-state index in [0.717, 1.165) is 32.1 Å². The lowest BCUT2D eigenvalue weighted by Gasteiger charge is -2.61. The van der Waals surface area contributed by atoms with Gasteiger partial charge < -0.3 is 35.0 Å². The Hall–Kier alpha value is -0.770. The Bertz CT molecular complexity index is 804. The van der Waals surface area contributed by atoms with Crippen LogP contribution in [0.15, 0.2) is 0 Å². The van der Waals surface area contributed by atoms with Gasteiger partial charge in [0.05, 0.1) is 12.2 Å². The fourth-order valence-corrected chi connectivity index (χ4v) is 9.53. The van der Waals surface area contributed by atoms with E-state index in [4.69, 9.17) is 9.47 Å². The van der Waals surface area contributed by atoms with Crippen molar-refractivity contribution in [3.05, 3.63) is 0 Å². The lowest BCUT2D eigenvalue weighted by Crippen LogP contribution is -2.61. The van der Waals surface area contributed by atoms with Crippen LogP contribution in [0.5, 0.6) is 0 Å². The van der Waals surface area contributed by atoms with Crippen molar-refractivity contribution in [2.24, 2.45) is 40.4 Å². The van der Waals surface area contributed by atoms with E-state index < -0.39 is 36.7 Å². The van der Waals surface area contributed by atoms with Crippen LogP contribution in [0.25, 0.3) is 0 Å². The highest BCUT2D eigenvalue weighted by Crippen LogP contribution is 2.67. The van der Waals surface area contributed by atoms with E-state index in [9.17, 15) is 30.3 Å². The third kappa shape index (κ3) is 4.07. The first-order valence-electron chi connectivity index (χ1n) is 13.7. The minimum Gasteiger partial charge on any atom is -0.479 e. The zero-order valence-corrected chi connectivity index (χ0v) is 21.3. The second-order valence-corrected chi connectivity index (χ2v) is 12.9. The molecule has 1 heterocycles. The number of hydrogen-bond donors (Lipinski definition) is 5. The summed E-state index contributed by atoms with van der Waals surface area (Å²) in [5, 5.41) is 50.2. The summed E-state index contributed by atoms with van der Waals surface area (Å²) >= 11 is 0. The zero-order chi connectivity index (χ0) is 25.3. The average Bonchev–Trinajstić information content (AvgIpc) is 3.17. The molecule has 1 aliphatic heterocycles. The van der Waals surface area contributed by atoms with Gasteiger partial charge >= 0.3 is 5.97 Å². The van der Waals surface area contributed by atoms with Gasteiger partial charge in [0.1, 0.15) is 18.3 Å². The van der Waals surface area contributed by atoms with Gasteiger partial charge in [-0.05, 0) is 105 Å². The summed E-state index contributed by atoms with van der Waals surface area (Å²) in [6.07, 6.45) is 1.63. The Morgan fingerprint density at radius 1 is 0.914 bits per heavy atom. The molecule has 200 valence electrons. The van der Waals surface area contributed by atoms with Crippen molar-refractivity contribution >= 4 is 5.97 Å². The van der Waals surface area contributed by atoms with Crippen molar-refractivity contribution in [2.45, 2.75) is 121 Å². The second-order valence-electron chi connectivity index (χ2n) is 12.9. The quantitative estimate of drug-likeness (QED) is 0.374. The van der Waals surface area contributed by atoms with Gasteiger partial charge in [-0.1, -0.05) is 13.8 Å². The summed E-state index contributed by atoms with van der Waals surface area (Å²) in [6, 6.07) is 0. The van der Waals surface area contributed by atoms with E-state index in [0.29, 0.717) is 29.6 Å². The molecule has 0 aromatic carbocycles. The molecule has 0 bridgehead atoms. The van der Waals surface area contributed by atoms with Crippen LogP contribution in [0.2, 0.25) is 0 Å². The molecular weight excluding hydrogens is 452 g/mol. The molecule has 0 radical (unpaired) electrons. The predicted octanol–water partition coefficient (Wildman–Crippen LogP) is 2.30. The summed E-state index contributed by atoms with van der Waals surface area (Å²) in [7, 11) is 0. The van der Waals surface area contributed by atoms with Crippen LogP contribution in [0.4, 0.5) is 0 Å². The molecule has 8 nitrogen and oxygen atoms in total. The third-order valence-electron chi connectivity index (χ3n) is 11.4. The molecule has 0 aromatic heterocycles. The number of ether oxygens (including phenoxy) is 2. The van der Waals surface area contributed by atoms with Crippen LogP contribution in [-0.4, -0.2) is 74.4 Å². The predicted molar refractivity (Wildman–Crippen MR) is 126 cm³/mol. The van der Waals surface area contributed by atoms with Crippen LogP contribution in [0, 0.1) is 40.4 Å². The van der Waals surface area contributed by atoms with Crippen molar-refractivity contribution in [2.75, 3.05) is 0 Å². The SMILES string of the molecule is C[C@H](O)[C@@H]1CC[C@@H]2[C@@H]3CC[C@@H]4C[C@H](O[C@@H]5O[C@H](C(=O)O)[C@@H](O)[C@H](O)[C@H]5O)CC[C@]4(C)[C@@H]3CC[C@]21C. The number of carbonyl (C=O) groups is 1. The van der Waals surface area contributed by atoms with Crippen LogP contribution in [-0.2, 0) is 14.3 Å². The van der Waals surface area contributed by atoms with Crippen molar-refractivity contribution < 1.29 is 39.8 Å². The van der Waals surface area contributed by atoms with E-state index in [-0.39, 0.29) is 23.0 Å². The fourth-order valence-electron chi connectivity index (χ4n) is 9.53. The van der Waals surface area contributed by atoms with Crippen LogP contribution in [0.1, 0.15) is 78.6 Å². The van der Waals surface area contributed by atoms with Crippen LogP contribution >= 0.6 is 0 Å². The molecular formula is C27H44O8. The molecule has 1 saturated heterocycles. The highest BCUT2D eigenvalue weighted by molar-refractivity contribution is 5.73. The topological polar surface area (TPSA) is 137 Å². The first-order valence-corrected chi connectivity index (χ1v) is 13.7. The van der Waals surface area contributed by atoms with Gasteiger partial charge in [0, 0.05) is 0 Å². The van der Waals surface area contributed by atoms with Gasteiger partial charge in [-0.3, -0.25) is 0 Å². The van der Waals surface area contributed by atoms with Crippen LogP contribution in [0.3, 0.4) is 0 Å². The minimum absolute atomic E-state index is 0.180. The Balaban J connectivity index is 1.26. The number of aliphatic hydroxyl groups is 4. The van der Waals surface area contributed by atoms with E-state index in [1.165, 1.54) is 25.7 Å². The van der Waals surface area contributed by atoms with E-state index in [2.05, 4.69) is 13.8 Å². The van der Waals surface area contributed by atoms with Gasteiger partial charge in [0.25, 0.3) is 0 Å². The monoisotopic (exact) mass is 496 g/mol. The maximum absolute atomic E-state index is 11.4. The molecule has 0 aromatic rings. The zero-order valence-electron chi connectivity index (χ0n) is 21.3. The molecule has 4 saturated carbocycles. The van der Waals surface area contributed by atoms with Gasteiger partial charge in [-0.15, -0.1) is 0 Å². The summed E-state index contributed by atoms with van der Waals surface area (Å²) < 4.78 is 11.4. The maximum atomic E-state index is 11.4. The number of aliphatic hydroxyl groups excluding tert-OH is 4. The first kappa shape index (κ1) is 25.9. The first-order chi connectivity index (χ1) is 16.5. The number of aliphatic carboxylic acids is 1. The van der Waals surface area contributed by atoms with E-state index >= 15 is 0 Å². The molecule has 0 amide bonds. The maximum Gasteiger partial charge on any atom is 0.335 e. The van der Waals surface area contributed by atoms with Gasteiger partial charge in [-0.25, -0.2) is 4.79 Å². The molecule has 5 rings (SSSR count). The number of carboxylic acids is 1. The lowest BCUT2D eigenvalue weighted by molar-refractivity contribution is -0.309. The molecule has 4 aliphatic carbocycles. The standard InChI is InChI=1S/C27H44O8/c1-13(28)17-6-7-18-16-5-4-14-12-15(8-10-26(14,2)19(16)9-11-27(17,18)3)34-25-22(31)20(29)21(30)23(35-25)24(32)33/h13-23,25,28-31H,4-12H2,1-3H3,(H,32,33)/t13-,14+,15+,16-,17-,18+,19+,20-,21-,22+,23-,25+,26-,27-/m0/s1. The molecule has 0 spiro atoms. The summed E-state index contributed by atoms with van der Waals surface area (Å²) in [6.45, 7) is 6.86. The van der Waals surface area contributed by atoms with Gasteiger partial charge in [-0.2, -0.15) is 0 Å². The Kier molecular flexibility index (Phi) is 6.80. The largest absolute Gasteiger partial charge is 0.479 e.